The number of fused-ring (bicyclic) bond motifs is 1. The maximum absolute atomic E-state index is 13.3. The smallest absolute Gasteiger partial charge is 0.261 e. The van der Waals surface area contributed by atoms with Gasteiger partial charge >= 0.3 is 0 Å². The van der Waals surface area contributed by atoms with Crippen LogP contribution in [0.1, 0.15) is 54.9 Å². The Morgan fingerprint density at radius 3 is 2.78 bits per heavy atom. The summed E-state index contributed by atoms with van der Waals surface area (Å²) in [5.74, 6) is -1.47. The van der Waals surface area contributed by atoms with Gasteiger partial charge in [0.15, 0.2) is 0 Å². The Bertz CT molecular complexity index is 1360. The van der Waals surface area contributed by atoms with Crippen LogP contribution < -0.4 is 16.4 Å². The standard InChI is InChI=1S/C26H27FN6O3S/c1-2-20(32-24(34)16-3-4-19(29)17(10-16)12-28)26(36)33-8-6-21-18(14-33)11-22(37-21)25(35)31-13-15-5-7-30-23(27)9-15/h3-5,7,9-12,20,28H,2,6,8,13-14,29H2,1H3,(H,31,35)(H,32,34). The summed E-state index contributed by atoms with van der Waals surface area (Å²) in [6, 6.07) is 8.62. The molecule has 4 rings (SSSR count). The molecule has 1 unspecified atom stereocenters. The average Bonchev–Trinajstić information content (AvgIpc) is 3.34. The van der Waals surface area contributed by atoms with Crippen LogP contribution in [0.5, 0.6) is 0 Å². The first-order chi connectivity index (χ1) is 17.8. The minimum Gasteiger partial charge on any atom is -0.398 e. The maximum atomic E-state index is 13.3. The van der Waals surface area contributed by atoms with Gasteiger partial charge in [0.1, 0.15) is 6.04 Å². The molecular weight excluding hydrogens is 495 g/mol. The van der Waals surface area contributed by atoms with Crippen LogP contribution in [0.4, 0.5) is 10.1 Å². The maximum Gasteiger partial charge on any atom is 0.261 e. The number of halogens is 1. The third-order valence-corrected chi connectivity index (χ3v) is 7.40. The van der Waals surface area contributed by atoms with E-state index in [1.165, 1.54) is 29.7 Å². The Hall–Kier alpha value is -4.12. The van der Waals surface area contributed by atoms with Crippen LogP contribution in [0.2, 0.25) is 0 Å². The summed E-state index contributed by atoms with van der Waals surface area (Å²) in [4.78, 5) is 45.5. The average molecular weight is 523 g/mol. The summed E-state index contributed by atoms with van der Waals surface area (Å²) in [5.41, 5.74) is 8.46. The minimum absolute atomic E-state index is 0.179. The number of aromatic nitrogens is 1. The van der Waals surface area contributed by atoms with Gasteiger partial charge in [0.2, 0.25) is 11.9 Å². The molecule has 1 aromatic carbocycles. The Kier molecular flexibility index (Phi) is 7.92. The highest BCUT2D eigenvalue weighted by Gasteiger charge is 2.29. The topological polar surface area (TPSA) is 141 Å². The van der Waals surface area contributed by atoms with Crippen LogP contribution in [0, 0.1) is 11.4 Å². The fraction of sp³-hybridized carbons (Fsp3) is 0.269. The quantitative estimate of drug-likeness (QED) is 0.205. The minimum atomic E-state index is -0.711. The van der Waals surface area contributed by atoms with Gasteiger partial charge in [0.05, 0.1) is 4.88 Å². The molecule has 3 heterocycles. The van der Waals surface area contributed by atoms with E-state index in [1.807, 2.05) is 6.92 Å². The molecule has 3 aromatic rings. The Morgan fingerprint density at radius 1 is 1.24 bits per heavy atom. The molecule has 0 saturated heterocycles. The first-order valence-electron chi connectivity index (χ1n) is 11.8. The molecular formula is C26H27FN6O3S. The number of rotatable bonds is 8. The first-order valence-corrected chi connectivity index (χ1v) is 12.6. The molecule has 2 aromatic heterocycles. The molecule has 192 valence electrons. The van der Waals surface area contributed by atoms with Crippen LogP contribution in [-0.4, -0.2) is 46.4 Å². The number of hydrogen-bond acceptors (Lipinski definition) is 7. The fourth-order valence-corrected chi connectivity index (χ4v) is 5.18. The number of pyridine rings is 1. The van der Waals surface area contributed by atoms with E-state index in [-0.39, 0.29) is 18.4 Å². The number of nitrogen functional groups attached to an aromatic ring is 1. The van der Waals surface area contributed by atoms with E-state index < -0.39 is 17.9 Å². The number of nitrogens with zero attached hydrogens (tertiary/aromatic N) is 2. The molecule has 37 heavy (non-hydrogen) atoms. The van der Waals surface area contributed by atoms with Gasteiger partial charge in [-0.05, 0) is 60.4 Å². The molecule has 11 heteroatoms. The number of hydrogen-bond donors (Lipinski definition) is 4. The van der Waals surface area contributed by atoms with E-state index >= 15 is 0 Å². The molecule has 1 aliphatic heterocycles. The molecule has 1 aliphatic rings. The molecule has 0 fully saturated rings. The monoisotopic (exact) mass is 522 g/mol. The first kappa shape index (κ1) is 26.0. The van der Waals surface area contributed by atoms with Gasteiger partial charge in [0, 0.05) is 53.7 Å². The van der Waals surface area contributed by atoms with E-state index in [9.17, 15) is 18.8 Å². The van der Waals surface area contributed by atoms with Crippen LogP contribution in [0.3, 0.4) is 0 Å². The van der Waals surface area contributed by atoms with E-state index in [2.05, 4.69) is 15.6 Å². The number of amides is 3. The van der Waals surface area contributed by atoms with Crippen LogP contribution in [0.15, 0.2) is 42.6 Å². The van der Waals surface area contributed by atoms with Gasteiger partial charge in [-0.2, -0.15) is 4.39 Å². The van der Waals surface area contributed by atoms with Gasteiger partial charge in [-0.15, -0.1) is 11.3 Å². The van der Waals surface area contributed by atoms with Gasteiger partial charge in [0.25, 0.3) is 11.8 Å². The molecule has 0 saturated carbocycles. The summed E-state index contributed by atoms with van der Waals surface area (Å²) < 4.78 is 13.3. The zero-order valence-corrected chi connectivity index (χ0v) is 21.0. The summed E-state index contributed by atoms with van der Waals surface area (Å²) in [7, 11) is 0. The van der Waals surface area contributed by atoms with Crippen molar-refractivity contribution < 1.29 is 18.8 Å². The van der Waals surface area contributed by atoms with Crippen LogP contribution >= 0.6 is 11.3 Å². The predicted molar refractivity (Wildman–Crippen MR) is 139 cm³/mol. The third kappa shape index (κ3) is 6.00. The van der Waals surface area contributed by atoms with Gasteiger partial charge in [-0.25, -0.2) is 4.98 Å². The van der Waals surface area contributed by atoms with Crippen molar-refractivity contribution in [3.05, 3.63) is 80.6 Å². The Morgan fingerprint density at radius 2 is 2.05 bits per heavy atom. The highest BCUT2D eigenvalue weighted by molar-refractivity contribution is 7.14. The van der Waals surface area contributed by atoms with Crippen molar-refractivity contribution in [3.63, 3.8) is 0 Å². The molecule has 0 radical (unpaired) electrons. The lowest BCUT2D eigenvalue weighted by Crippen LogP contribution is -2.49. The Balaban J connectivity index is 1.38. The molecule has 0 spiro atoms. The number of carbonyl (C=O) groups excluding carboxylic acids is 3. The second-order valence-electron chi connectivity index (χ2n) is 8.66. The highest BCUT2D eigenvalue weighted by atomic mass is 32.1. The van der Waals surface area contributed by atoms with Crippen LogP contribution in [0.25, 0.3) is 0 Å². The molecule has 3 amide bonds. The van der Waals surface area contributed by atoms with E-state index in [0.717, 1.165) is 16.7 Å². The largest absolute Gasteiger partial charge is 0.398 e. The van der Waals surface area contributed by atoms with Gasteiger partial charge in [-0.1, -0.05) is 6.92 Å². The molecule has 1 atom stereocenters. The summed E-state index contributed by atoms with van der Waals surface area (Å²) in [5, 5.41) is 13.0. The van der Waals surface area contributed by atoms with E-state index in [0.29, 0.717) is 53.2 Å². The lowest BCUT2D eigenvalue weighted by molar-refractivity contribution is -0.134. The van der Waals surface area contributed by atoms with E-state index in [1.54, 1.807) is 29.2 Å². The summed E-state index contributed by atoms with van der Waals surface area (Å²) >= 11 is 1.39. The van der Waals surface area contributed by atoms with E-state index in [4.69, 9.17) is 11.1 Å². The van der Waals surface area contributed by atoms with Crippen molar-refractivity contribution in [3.8, 4) is 0 Å². The van der Waals surface area contributed by atoms with Gasteiger partial charge < -0.3 is 26.7 Å². The number of nitrogens with one attached hydrogen (secondary N) is 3. The lowest BCUT2D eigenvalue weighted by Gasteiger charge is -2.30. The molecule has 0 bridgehead atoms. The number of thiophene rings is 1. The van der Waals surface area contributed by atoms with Crippen LogP contribution in [-0.2, 0) is 24.3 Å². The number of carbonyl (C=O) groups is 3. The highest BCUT2D eigenvalue weighted by Crippen LogP contribution is 2.29. The SMILES string of the molecule is CCC(NC(=O)c1ccc(N)c(C=N)c1)C(=O)N1CCc2sc(C(=O)NCc3ccnc(F)c3)cc2C1. The fourth-order valence-electron chi connectivity index (χ4n) is 4.10. The van der Waals surface area contributed by atoms with Crippen molar-refractivity contribution in [2.75, 3.05) is 12.3 Å². The Labute approximate surface area is 217 Å². The normalized spacial score (nSPS) is 13.4. The number of benzene rings is 1. The second-order valence-corrected chi connectivity index (χ2v) is 9.80. The zero-order valence-electron chi connectivity index (χ0n) is 20.2. The molecule has 0 aliphatic carbocycles. The lowest BCUT2D eigenvalue weighted by atomic mass is 10.1. The second kappa shape index (κ2) is 11.3. The zero-order chi connectivity index (χ0) is 26.5. The summed E-state index contributed by atoms with van der Waals surface area (Å²) in [6.07, 6.45) is 3.45. The number of nitrogens with two attached hydrogens (primary N) is 1. The van der Waals surface area contributed by atoms with Crippen molar-refractivity contribution in [1.29, 1.82) is 5.41 Å². The van der Waals surface area contributed by atoms with Crippen molar-refractivity contribution in [2.45, 2.75) is 38.9 Å². The number of anilines is 1. The van der Waals surface area contributed by atoms with Crippen molar-refractivity contribution in [1.82, 2.24) is 20.5 Å². The van der Waals surface area contributed by atoms with Crippen molar-refractivity contribution >= 4 is 41.0 Å². The predicted octanol–water partition coefficient (Wildman–Crippen LogP) is 2.89. The molecule has 9 nitrogen and oxygen atoms in total. The van der Waals surface area contributed by atoms with Gasteiger partial charge in [-0.3, -0.25) is 14.4 Å². The summed E-state index contributed by atoms with van der Waals surface area (Å²) in [6.45, 7) is 2.83. The third-order valence-electron chi connectivity index (χ3n) is 6.16. The van der Waals surface area contributed by atoms with Crippen molar-refractivity contribution in [2.24, 2.45) is 0 Å². The molecule has 5 N–H and O–H groups in total.